The highest BCUT2D eigenvalue weighted by Gasteiger charge is 2.25. The van der Waals surface area contributed by atoms with Crippen molar-refractivity contribution in [2.24, 2.45) is 0 Å². The first-order valence-corrected chi connectivity index (χ1v) is 14.7. The van der Waals surface area contributed by atoms with Crippen LogP contribution in [-0.2, 0) is 42.5 Å². The van der Waals surface area contributed by atoms with E-state index in [0.717, 1.165) is 24.5 Å². The molecule has 1 rings (SSSR count). The molecule has 0 bridgehead atoms. The molecule has 0 spiro atoms. The van der Waals surface area contributed by atoms with E-state index in [1.807, 2.05) is 0 Å². The number of carbonyl (C=O) groups is 3. The summed E-state index contributed by atoms with van der Waals surface area (Å²) in [5.74, 6) is -4.33. The molecule has 0 aliphatic carbocycles. The molecule has 1 aromatic rings. The summed E-state index contributed by atoms with van der Waals surface area (Å²) in [5, 5.41) is 38.9. The average molecular weight is 676 g/mol. The summed E-state index contributed by atoms with van der Waals surface area (Å²) < 4.78 is 32.5. The average Bonchev–Trinajstić information content (AvgIpc) is 2.87. The maximum atomic E-state index is 12.7. The number of hydrogen-bond donors (Lipinski definition) is 1. The fourth-order valence-electron chi connectivity index (χ4n) is 2.81. The lowest BCUT2D eigenvalue weighted by atomic mass is 10.1. The number of rotatable bonds is 21. The molecule has 44 heavy (non-hydrogen) atoms. The van der Waals surface area contributed by atoms with Crippen molar-refractivity contribution in [1.29, 1.82) is 0 Å². The lowest BCUT2D eigenvalue weighted by Crippen LogP contribution is -2.29. The summed E-state index contributed by atoms with van der Waals surface area (Å²) in [6, 6.07) is 2.88. The summed E-state index contributed by atoms with van der Waals surface area (Å²) in [5.41, 5.74) is -0.778. The van der Waals surface area contributed by atoms with Crippen LogP contribution in [0.1, 0.15) is 23.2 Å². The number of nitrogens with one attached hydrogen (secondary N) is 1. The first-order chi connectivity index (χ1) is 20.4. The molecule has 26 heteroatoms. The number of nitrogens with zero attached hydrogens (tertiary/aromatic N) is 4. The van der Waals surface area contributed by atoms with Crippen LogP contribution in [0.3, 0.4) is 0 Å². The summed E-state index contributed by atoms with van der Waals surface area (Å²) >= 11 is 0. The van der Waals surface area contributed by atoms with Gasteiger partial charge in [-0.15, -0.1) is 40.5 Å². The van der Waals surface area contributed by atoms with Crippen LogP contribution in [0.4, 0.5) is 5.69 Å². The zero-order chi connectivity index (χ0) is 33.4. The van der Waals surface area contributed by atoms with Crippen molar-refractivity contribution in [3.63, 3.8) is 0 Å². The van der Waals surface area contributed by atoms with Gasteiger partial charge in [-0.05, 0) is 29.0 Å². The molecule has 1 N–H and O–H groups in total. The third-order valence-corrected chi connectivity index (χ3v) is 6.88. The minimum Gasteiger partial charge on any atom is -0.461 e. The van der Waals surface area contributed by atoms with Gasteiger partial charge >= 0.3 is 11.9 Å². The van der Waals surface area contributed by atoms with E-state index in [4.69, 9.17) is 9.47 Å². The Balaban J connectivity index is 3.16. The maximum Gasteiger partial charge on any atom is 0.342 e. The third-order valence-electron chi connectivity index (χ3n) is 4.33. The number of esters is 2. The molecule has 244 valence electrons. The summed E-state index contributed by atoms with van der Waals surface area (Å²) in [4.78, 5) is 95.7. The molecule has 0 radical (unpaired) electrons. The van der Waals surface area contributed by atoms with E-state index in [9.17, 15) is 63.3 Å². The van der Waals surface area contributed by atoms with E-state index in [-0.39, 0.29) is 11.4 Å². The van der Waals surface area contributed by atoms with Gasteiger partial charge in [0.15, 0.2) is 8.87 Å². The predicted molar refractivity (Wildman–Crippen MR) is 137 cm³/mol. The molecular formula is C18H21N5O19S2. The molecule has 2 unspecified atom stereocenters. The lowest BCUT2D eigenvalue weighted by molar-refractivity contribution is -0.789. The SMILES string of the molecule is CS(=O)(=O)SCCOC(=O)c1cc(NC(=O)CC(CO[N+](=O)[O-])O[N+](=O)[O-])ccc1OC(=O)CC(CO[N+](=O)[O-])O[N+](=O)[O-]. The Morgan fingerprint density at radius 1 is 0.886 bits per heavy atom. The van der Waals surface area contributed by atoms with Crippen LogP contribution >= 0.6 is 10.8 Å². The molecule has 24 nitrogen and oxygen atoms in total. The Bertz CT molecular complexity index is 1360. The minimum atomic E-state index is -3.49. The molecule has 1 aromatic carbocycles. The maximum absolute atomic E-state index is 12.7. The van der Waals surface area contributed by atoms with Gasteiger partial charge in [-0.3, -0.25) is 9.59 Å². The first-order valence-electron chi connectivity index (χ1n) is 11.3. The second-order valence-electron chi connectivity index (χ2n) is 7.74. The van der Waals surface area contributed by atoms with E-state index in [2.05, 4.69) is 24.7 Å². The van der Waals surface area contributed by atoms with Crippen molar-refractivity contribution in [2.75, 3.05) is 37.1 Å². The lowest BCUT2D eigenvalue weighted by Gasteiger charge is -2.16. The molecule has 1 amide bonds. The Kier molecular flexibility index (Phi) is 14.7. The second kappa shape index (κ2) is 17.6. The highest BCUT2D eigenvalue weighted by molar-refractivity contribution is 8.71. The van der Waals surface area contributed by atoms with Gasteiger partial charge in [-0.2, -0.15) is 0 Å². The van der Waals surface area contributed by atoms with E-state index < -0.39 is 103 Å². The largest absolute Gasteiger partial charge is 0.461 e. The molecule has 0 saturated carbocycles. The number of benzene rings is 1. The van der Waals surface area contributed by atoms with Crippen LogP contribution < -0.4 is 10.1 Å². The van der Waals surface area contributed by atoms with Crippen LogP contribution in [0.15, 0.2) is 18.2 Å². The number of hydrogen-bond acceptors (Lipinski definition) is 20. The van der Waals surface area contributed by atoms with Crippen molar-refractivity contribution >= 4 is 43.2 Å². The zero-order valence-corrected chi connectivity index (χ0v) is 23.6. The van der Waals surface area contributed by atoms with Gasteiger partial charge in [-0.25, -0.2) is 13.2 Å². The molecule has 0 aliphatic rings. The van der Waals surface area contributed by atoms with Gasteiger partial charge in [0, 0.05) is 17.7 Å². The van der Waals surface area contributed by atoms with Gasteiger partial charge < -0.3 is 34.1 Å². The number of ether oxygens (including phenoxy) is 2. The fourth-order valence-corrected chi connectivity index (χ4v) is 4.37. The van der Waals surface area contributed by atoms with Gasteiger partial charge in [0.05, 0.1) is 12.8 Å². The Morgan fingerprint density at radius 3 is 1.93 bits per heavy atom. The van der Waals surface area contributed by atoms with Crippen molar-refractivity contribution in [3.05, 3.63) is 64.2 Å². The van der Waals surface area contributed by atoms with E-state index >= 15 is 0 Å². The molecule has 0 heterocycles. The van der Waals surface area contributed by atoms with E-state index in [1.165, 1.54) is 0 Å². The standard InChI is InChI=1S/C18H21N5O19S2/c1-44(35,36)43-5-4-37-18(26)14-6-11(19-16(24)7-12(41-22(31)32)9-38-20(27)28)2-3-15(14)40-17(25)8-13(42-23(33)34)10-39-21(29)30/h2-3,6,12-13H,4-5,7-10H2,1H3,(H,19,24). The summed E-state index contributed by atoms with van der Waals surface area (Å²) in [6.45, 7) is -2.50. The van der Waals surface area contributed by atoms with Crippen LogP contribution in [0.25, 0.3) is 0 Å². The van der Waals surface area contributed by atoms with Crippen molar-refractivity contribution in [2.45, 2.75) is 25.0 Å². The van der Waals surface area contributed by atoms with E-state index in [1.54, 1.807) is 0 Å². The van der Waals surface area contributed by atoms with Gasteiger partial charge in [0.25, 0.3) is 20.3 Å². The highest BCUT2D eigenvalue weighted by atomic mass is 33.1. The van der Waals surface area contributed by atoms with Crippen LogP contribution in [-0.4, -0.2) is 90.6 Å². The summed E-state index contributed by atoms with van der Waals surface area (Å²) in [7, 11) is -3.05. The molecule has 0 aromatic heterocycles. The van der Waals surface area contributed by atoms with E-state index in [0.29, 0.717) is 10.8 Å². The van der Waals surface area contributed by atoms with Crippen molar-refractivity contribution in [3.8, 4) is 5.75 Å². The Labute approximate surface area is 247 Å². The molecule has 0 saturated heterocycles. The molecule has 0 aliphatic heterocycles. The summed E-state index contributed by atoms with van der Waals surface area (Å²) in [6.07, 6.45) is -4.46. The Morgan fingerprint density at radius 2 is 1.43 bits per heavy atom. The quantitative estimate of drug-likeness (QED) is 0.0437. The first kappa shape index (κ1) is 36.8. The number of anilines is 1. The predicted octanol–water partition coefficient (Wildman–Crippen LogP) is -0.269. The number of carbonyl (C=O) groups excluding carboxylic acids is 3. The van der Waals surface area contributed by atoms with Crippen LogP contribution in [0, 0.1) is 40.5 Å². The van der Waals surface area contributed by atoms with Gasteiger partial charge in [-0.1, -0.05) is 0 Å². The van der Waals surface area contributed by atoms with Gasteiger partial charge in [0.2, 0.25) is 5.91 Å². The Hall–Kier alpha value is -5.27. The zero-order valence-electron chi connectivity index (χ0n) is 22.0. The molecule has 2 atom stereocenters. The van der Waals surface area contributed by atoms with Crippen LogP contribution in [0.5, 0.6) is 5.75 Å². The topological polar surface area (TPSA) is 325 Å². The van der Waals surface area contributed by atoms with Gasteiger partial charge in [0.1, 0.15) is 43.3 Å². The monoisotopic (exact) mass is 675 g/mol. The smallest absolute Gasteiger partial charge is 0.342 e. The van der Waals surface area contributed by atoms with Crippen molar-refractivity contribution < 1.29 is 72.0 Å². The molecular weight excluding hydrogens is 654 g/mol. The van der Waals surface area contributed by atoms with Crippen LogP contribution in [0.2, 0.25) is 0 Å². The third kappa shape index (κ3) is 16.2. The highest BCUT2D eigenvalue weighted by Crippen LogP contribution is 2.25. The number of amides is 1. The minimum absolute atomic E-state index is 0.212. The fraction of sp³-hybridized carbons (Fsp3) is 0.500. The van der Waals surface area contributed by atoms with Crippen molar-refractivity contribution in [1.82, 2.24) is 0 Å². The second-order valence-corrected chi connectivity index (χ2v) is 12.3. The molecule has 0 fully saturated rings. The normalized spacial score (nSPS) is 12.0.